The molecule has 3 aliphatic rings. The van der Waals surface area contributed by atoms with Gasteiger partial charge in [-0.25, -0.2) is 5.43 Å². The Hall–Kier alpha value is -1.01. The van der Waals surface area contributed by atoms with Gasteiger partial charge in [0.05, 0.1) is 10.0 Å². The number of benzene rings is 1. The third-order valence-corrected chi connectivity index (χ3v) is 6.29. The fourth-order valence-electron chi connectivity index (χ4n) is 4.18. The fraction of sp³-hybridized carbons (Fsp3) is 0.588. The molecule has 2 aliphatic heterocycles. The zero-order chi connectivity index (χ0) is 16.7. The van der Waals surface area contributed by atoms with Crippen molar-refractivity contribution in [3.05, 3.63) is 28.2 Å². The van der Waals surface area contributed by atoms with E-state index in [1.54, 1.807) is 0 Å². The normalized spacial score (nSPS) is 29.8. The van der Waals surface area contributed by atoms with Crippen LogP contribution in [0.1, 0.15) is 19.3 Å². The number of nitrogens with one attached hydrogen (secondary N) is 2. The monoisotopic (exact) mass is 368 g/mol. The number of carbonyl (C=O) groups excluding carboxylic acids is 1. The Bertz CT molecular complexity index is 633. The van der Waals surface area contributed by atoms with E-state index in [9.17, 15) is 4.79 Å². The molecule has 2 saturated heterocycles. The number of hydrogen-bond donors (Lipinski definition) is 2. The number of halogens is 2. The van der Waals surface area contributed by atoms with Crippen molar-refractivity contribution in [2.45, 2.75) is 31.3 Å². The van der Waals surface area contributed by atoms with Gasteiger partial charge in [-0.2, -0.15) is 0 Å². The molecule has 1 aromatic rings. The van der Waals surface area contributed by atoms with E-state index < -0.39 is 0 Å². The fourth-order valence-corrected chi connectivity index (χ4v) is 4.47. The van der Waals surface area contributed by atoms with Crippen molar-refractivity contribution in [1.29, 1.82) is 0 Å². The molecule has 3 fully saturated rings. The number of carbonyl (C=O) groups is 1. The molecule has 0 radical (unpaired) electrons. The van der Waals surface area contributed by atoms with E-state index in [0.717, 1.165) is 38.3 Å². The second kappa shape index (κ2) is 6.71. The summed E-state index contributed by atoms with van der Waals surface area (Å²) in [5.41, 5.74) is 7.59. The van der Waals surface area contributed by atoms with Crippen molar-refractivity contribution in [3.63, 3.8) is 0 Å². The Balaban J connectivity index is 1.37. The van der Waals surface area contributed by atoms with Crippen molar-refractivity contribution in [1.82, 2.24) is 15.8 Å². The van der Waals surface area contributed by atoms with E-state index in [1.807, 2.05) is 23.1 Å². The lowest BCUT2D eigenvalue weighted by Crippen LogP contribution is -2.54. The summed E-state index contributed by atoms with van der Waals surface area (Å²) in [7, 11) is 0. The lowest BCUT2D eigenvalue weighted by atomic mass is 9.96. The van der Waals surface area contributed by atoms with Gasteiger partial charge in [-0.05, 0) is 31.0 Å². The SMILES string of the molecule is O=C(C1NNC2CCCC21)N1CCN(c2ccc(Cl)c(Cl)c2)CC1. The van der Waals surface area contributed by atoms with E-state index in [0.29, 0.717) is 22.0 Å². The average Bonchev–Trinajstić information content (AvgIpc) is 3.20. The first-order valence-corrected chi connectivity index (χ1v) is 9.39. The van der Waals surface area contributed by atoms with Crippen molar-refractivity contribution >= 4 is 34.8 Å². The highest BCUT2D eigenvalue weighted by molar-refractivity contribution is 6.42. The minimum Gasteiger partial charge on any atom is -0.368 e. The lowest BCUT2D eigenvalue weighted by Gasteiger charge is -2.37. The minimum absolute atomic E-state index is 0.0611. The van der Waals surface area contributed by atoms with E-state index in [4.69, 9.17) is 23.2 Å². The van der Waals surface area contributed by atoms with Crippen molar-refractivity contribution in [2.24, 2.45) is 5.92 Å². The molecule has 0 aromatic heterocycles. The molecule has 3 atom stereocenters. The summed E-state index contributed by atoms with van der Waals surface area (Å²) in [4.78, 5) is 17.1. The van der Waals surface area contributed by atoms with Crippen molar-refractivity contribution in [2.75, 3.05) is 31.1 Å². The summed E-state index contributed by atoms with van der Waals surface area (Å²) in [5, 5.41) is 1.14. The molecule has 3 unspecified atom stereocenters. The Morgan fingerprint density at radius 1 is 1.04 bits per heavy atom. The van der Waals surface area contributed by atoms with Crippen LogP contribution in [0.4, 0.5) is 5.69 Å². The molecule has 5 nitrogen and oxygen atoms in total. The van der Waals surface area contributed by atoms with Gasteiger partial charge in [-0.15, -0.1) is 0 Å². The van der Waals surface area contributed by atoms with Gasteiger partial charge in [0.2, 0.25) is 5.91 Å². The van der Waals surface area contributed by atoms with E-state index in [2.05, 4.69) is 15.8 Å². The molecule has 4 rings (SSSR count). The predicted octanol–water partition coefficient (Wildman–Crippen LogP) is 2.29. The number of fused-ring (bicyclic) bond motifs is 1. The van der Waals surface area contributed by atoms with Gasteiger partial charge in [-0.3, -0.25) is 10.2 Å². The molecule has 1 amide bonds. The number of piperazine rings is 1. The van der Waals surface area contributed by atoms with Gasteiger partial charge in [0, 0.05) is 43.8 Å². The topological polar surface area (TPSA) is 47.6 Å². The smallest absolute Gasteiger partial charge is 0.241 e. The molecular formula is C17H22Cl2N4O. The number of anilines is 1. The molecule has 24 heavy (non-hydrogen) atoms. The molecule has 2 heterocycles. The summed E-state index contributed by atoms with van der Waals surface area (Å²) in [6.07, 6.45) is 3.54. The van der Waals surface area contributed by atoms with E-state index in [1.165, 1.54) is 12.8 Å². The number of hydrogen-bond acceptors (Lipinski definition) is 4. The lowest BCUT2D eigenvalue weighted by molar-refractivity contribution is -0.134. The van der Waals surface area contributed by atoms with Crippen LogP contribution in [0.3, 0.4) is 0 Å². The van der Waals surface area contributed by atoms with Crippen LogP contribution in [-0.2, 0) is 4.79 Å². The second-order valence-corrected chi connectivity index (χ2v) is 7.69. The van der Waals surface area contributed by atoms with Crippen molar-refractivity contribution < 1.29 is 4.79 Å². The number of amides is 1. The number of rotatable bonds is 2. The maximum absolute atomic E-state index is 12.9. The maximum atomic E-state index is 12.9. The first kappa shape index (κ1) is 16.5. The van der Waals surface area contributed by atoms with Crippen LogP contribution in [0.15, 0.2) is 18.2 Å². The Labute approximate surface area is 152 Å². The zero-order valence-corrected chi connectivity index (χ0v) is 15.0. The molecule has 1 saturated carbocycles. The minimum atomic E-state index is -0.0611. The number of nitrogens with zero attached hydrogens (tertiary/aromatic N) is 2. The molecule has 1 aliphatic carbocycles. The Morgan fingerprint density at radius 3 is 2.58 bits per heavy atom. The molecule has 130 valence electrons. The van der Waals surface area contributed by atoms with Gasteiger partial charge in [0.1, 0.15) is 6.04 Å². The molecular weight excluding hydrogens is 347 g/mol. The first-order chi connectivity index (χ1) is 11.6. The van der Waals surface area contributed by atoms with E-state index in [-0.39, 0.29) is 11.9 Å². The summed E-state index contributed by atoms with van der Waals surface area (Å²) in [6.45, 7) is 3.12. The summed E-state index contributed by atoms with van der Waals surface area (Å²) in [6, 6.07) is 6.11. The quantitative estimate of drug-likeness (QED) is 0.840. The summed E-state index contributed by atoms with van der Waals surface area (Å²) < 4.78 is 0. The standard InChI is InChI=1S/C17H22Cl2N4O/c18-13-5-4-11(10-14(13)19)22-6-8-23(9-7-22)17(24)16-12-2-1-3-15(12)20-21-16/h4-5,10,12,15-16,20-21H,1-3,6-9H2. The Kier molecular flexibility index (Phi) is 4.60. The van der Waals surface area contributed by atoms with Gasteiger partial charge in [0.25, 0.3) is 0 Å². The molecule has 2 N–H and O–H groups in total. The third kappa shape index (κ3) is 2.99. The largest absolute Gasteiger partial charge is 0.368 e. The van der Waals surface area contributed by atoms with Crippen LogP contribution in [0.5, 0.6) is 0 Å². The van der Waals surface area contributed by atoms with Crippen LogP contribution < -0.4 is 15.8 Å². The average molecular weight is 369 g/mol. The van der Waals surface area contributed by atoms with E-state index >= 15 is 0 Å². The predicted molar refractivity (Wildman–Crippen MR) is 96.4 cm³/mol. The highest BCUT2D eigenvalue weighted by Gasteiger charge is 2.44. The van der Waals surface area contributed by atoms with Crippen LogP contribution in [0.2, 0.25) is 10.0 Å². The van der Waals surface area contributed by atoms with Crippen LogP contribution in [0, 0.1) is 5.92 Å². The maximum Gasteiger partial charge on any atom is 0.241 e. The third-order valence-electron chi connectivity index (χ3n) is 5.55. The van der Waals surface area contributed by atoms with Crippen LogP contribution >= 0.6 is 23.2 Å². The van der Waals surface area contributed by atoms with Crippen LogP contribution in [-0.4, -0.2) is 49.1 Å². The summed E-state index contributed by atoms with van der Waals surface area (Å²) in [5.74, 6) is 0.691. The first-order valence-electron chi connectivity index (χ1n) is 8.63. The van der Waals surface area contributed by atoms with Gasteiger partial charge < -0.3 is 9.80 Å². The zero-order valence-electron chi connectivity index (χ0n) is 13.5. The molecule has 0 spiro atoms. The van der Waals surface area contributed by atoms with Crippen molar-refractivity contribution in [3.8, 4) is 0 Å². The highest BCUT2D eigenvalue weighted by Crippen LogP contribution is 2.32. The van der Waals surface area contributed by atoms with Gasteiger partial charge in [-0.1, -0.05) is 29.6 Å². The summed E-state index contributed by atoms with van der Waals surface area (Å²) >= 11 is 12.1. The number of hydrazine groups is 1. The van der Waals surface area contributed by atoms with Gasteiger partial charge >= 0.3 is 0 Å². The second-order valence-electron chi connectivity index (χ2n) is 6.88. The van der Waals surface area contributed by atoms with Gasteiger partial charge in [0.15, 0.2) is 0 Å². The highest BCUT2D eigenvalue weighted by atomic mass is 35.5. The van der Waals surface area contributed by atoms with Crippen LogP contribution in [0.25, 0.3) is 0 Å². The Morgan fingerprint density at radius 2 is 1.83 bits per heavy atom. The molecule has 7 heteroatoms. The molecule has 0 bridgehead atoms. The molecule has 1 aromatic carbocycles.